The summed E-state index contributed by atoms with van der Waals surface area (Å²) in [6, 6.07) is 0. The standard InChI is InChI=1S/C6H11FO2/c1-3-5(7)6(9)4(2)8/h5-6,9H,3H2,1-2H3/t5-,6?/m0/s1. The molecule has 0 bridgehead atoms. The average molecular weight is 134 g/mol. The fourth-order valence-electron chi connectivity index (χ4n) is 0.478. The molecule has 0 rings (SSSR count). The van der Waals surface area contributed by atoms with Crippen LogP contribution in [0.5, 0.6) is 0 Å². The predicted octanol–water partition coefficient (Wildman–Crippen LogP) is 0.684. The lowest BCUT2D eigenvalue weighted by molar-refractivity contribution is -0.128. The lowest BCUT2D eigenvalue weighted by Crippen LogP contribution is -2.28. The lowest BCUT2D eigenvalue weighted by Gasteiger charge is -2.08. The van der Waals surface area contributed by atoms with Gasteiger partial charge in [-0.3, -0.25) is 4.79 Å². The van der Waals surface area contributed by atoms with Crippen molar-refractivity contribution in [2.24, 2.45) is 0 Å². The van der Waals surface area contributed by atoms with Gasteiger partial charge in [0.25, 0.3) is 0 Å². The molecule has 54 valence electrons. The Balaban J connectivity index is 3.72. The van der Waals surface area contributed by atoms with E-state index in [0.29, 0.717) is 0 Å². The number of alkyl halides is 1. The van der Waals surface area contributed by atoms with Crippen LogP contribution < -0.4 is 0 Å². The molecule has 2 nitrogen and oxygen atoms in total. The van der Waals surface area contributed by atoms with E-state index < -0.39 is 18.1 Å². The fourth-order valence-corrected chi connectivity index (χ4v) is 0.478. The van der Waals surface area contributed by atoms with Gasteiger partial charge in [0.15, 0.2) is 5.78 Å². The lowest BCUT2D eigenvalue weighted by atomic mass is 10.1. The van der Waals surface area contributed by atoms with Crippen molar-refractivity contribution in [2.45, 2.75) is 32.5 Å². The molecule has 3 heteroatoms. The molecule has 0 aromatic carbocycles. The van der Waals surface area contributed by atoms with Gasteiger partial charge in [0.2, 0.25) is 0 Å². The molecule has 0 amide bonds. The smallest absolute Gasteiger partial charge is 0.161 e. The zero-order valence-corrected chi connectivity index (χ0v) is 5.60. The van der Waals surface area contributed by atoms with Crippen LogP contribution in [0.15, 0.2) is 0 Å². The Labute approximate surface area is 53.7 Å². The largest absolute Gasteiger partial charge is 0.382 e. The summed E-state index contributed by atoms with van der Waals surface area (Å²) in [5.74, 6) is -0.510. The van der Waals surface area contributed by atoms with E-state index in [1.807, 2.05) is 0 Å². The minimum Gasteiger partial charge on any atom is -0.382 e. The number of Topliss-reactive ketones (excluding diaryl/α,β-unsaturated/α-hetero) is 1. The van der Waals surface area contributed by atoms with Crippen LogP contribution in [0.25, 0.3) is 0 Å². The summed E-state index contributed by atoms with van der Waals surface area (Å²) < 4.78 is 12.3. The van der Waals surface area contributed by atoms with E-state index in [1.165, 1.54) is 6.92 Å². The first-order chi connectivity index (χ1) is 4.09. The van der Waals surface area contributed by atoms with Crippen LogP contribution in [-0.2, 0) is 4.79 Å². The summed E-state index contributed by atoms with van der Waals surface area (Å²) in [5.41, 5.74) is 0. The molecular weight excluding hydrogens is 123 g/mol. The van der Waals surface area contributed by atoms with Gasteiger partial charge in [-0.1, -0.05) is 6.92 Å². The first-order valence-electron chi connectivity index (χ1n) is 2.92. The van der Waals surface area contributed by atoms with Crippen LogP contribution in [0.2, 0.25) is 0 Å². The molecule has 2 atom stereocenters. The second-order valence-corrected chi connectivity index (χ2v) is 1.98. The highest BCUT2D eigenvalue weighted by Gasteiger charge is 2.19. The molecule has 0 saturated carbocycles. The average Bonchev–Trinajstić information content (AvgIpc) is 1.84. The van der Waals surface area contributed by atoms with E-state index in [2.05, 4.69) is 0 Å². The normalized spacial score (nSPS) is 16.9. The minimum atomic E-state index is -1.42. The van der Waals surface area contributed by atoms with Gasteiger partial charge in [-0.2, -0.15) is 0 Å². The number of rotatable bonds is 3. The number of carbonyl (C=O) groups is 1. The third-order valence-electron chi connectivity index (χ3n) is 1.15. The fraction of sp³-hybridized carbons (Fsp3) is 0.833. The Morgan fingerprint density at radius 1 is 1.78 bits per heavy atom. The monoisotopic (exact) mass is 134 g/mol. The number of aliphatic hydroxyl groups is 1. The minimum absolute atomic E-state index is 0.181. The van der Waals surface area contributed by atoms with Crippen molar-refractivity contribution in [1.82, 2.24) is 0 Å². The first kappa shape index (κ1) is 8.56. The van der Waals surface area contributed by atoms with Crippen molar-refractivity contribution < 1.29 is 14.3 Å². The summed E-state index contributed by atoms with van der Waals surface area (Å²) in [4.78, 5) is 10.3. The third-order valence-corrected chi connectivity index (χ3v) is 1.15. The molecule has 0 aliphatic heterocycles. The Kier molecular flexibility index (Phi) is 3.39. The summed E-state index contributed by atoms with van der Waals surface area (Å²) in [6.45, 7) is 2.75. The van der Waals surface area contributed by atoms with Crippen molar-refractivity contribution in [1.29, 1.82) is 0 Å². The van der Waals surface area contributed by atoms with E-state index in [1.54, 1.807) is 6.92 Å². The molecule has 0 spiro atoms. The molecule has 0 fully saturated rings. The molecule has 0 aromatic rings. The highest BCUT2D eigenvalue weighted by Crippen LogP contribution is 2.03. The quantitative estimate of drug-likeness (QED) is 0.616. The second kappa shape index (κ2) is 3.56. The summed E-state index contributed by atoms with van der Waals surface area (Å²) in [7, 11) is 0. The Morgan fingerprint density at radius 2 is 2.22 bits per heavy atom. The van der Waals surface area contributed by atoms with Crippen LogP contribution in [-0.4, -0.2) is 23.2 Å². The Morgan fingerprint density at radius 3 is 2.33 bits per heavy atom. The van der Waals surface area contributed by atoms with Crippen LogP contribution in [0.4, 0.5) is 4.39 Å². The van der Waals surface area contributed by atoms with Gasteiger partial charge < -0.3 is 5.11 Å². The van der Waals surface area contributed by atoms with Crippen LogP contribution in [0.1, 0.15) is 20.3 Å². The maximum absolute atomic E-state index is 12.3. The Hall–Kier alpha value is -0.440. The second-order valence-electron chi connectivity index (χ2n) is 1.98. The van der Waals surface area contributed by atoms with Gasteiger partial charge in [0, 0.05) is 0 Å². The van der Waals surface area contributed by atoms with Crippen LogP contribution in [0, 0.1) is 0 Å². The molecule has 0 aromatic heterocycles. The number of halogens is 1. The van der Waals surface area contributed by atoms with Gasteiger partial charge >= 0.3 is 0 Å². The van der Waals surface area contributed by atoms with Gasteiger partial charge in [-0.05, 0) is 13.3 Å². The third kappa shape index (κ3) is 2.56. The number of ketones is 1. The van der Waals surface area contributed by atoms with Gasteiger partial charge in [0.05, 0.1) is 0 Å². The van der Waals surface area contributed by atoms with Gasteiger partial charge in [0.1, 0.15) is 12.3 Å². The van der Waals surface area contributed by atoms with Crippen molar-refractivity contribution in [3.05, 3.63) is 0 Å². The molecule has 1 N–H and O–H groups in total. The number of aliphatic hydroxyl groups excluding tert-OH is 1. The summed E-state index contributed by atoms with van der Waals surface area (Å²) >= 11 is 0. The molecule has 1 unspecified atom stereocenters. The van der Waals surface area contributed by atoms with Crippen molar-refractivity contribution in [3.8, 4) is 0 Å². The molecule has 0 aliphatic carbocycles. The predicted molar refractivity (Wildman–Crippen MR) is 31.9 cm³/mol. The first-order valence-corrected chi connectivity index (χ1v) is 2.92. The molecule has 0 saturated heterocycles. The van der Waals surface area contributed by atoms with Crippen molar-refractivity contribution in [2.75, 3.05) is 0 Å². The van der Waals surface area contributed by atoms with E-state index in [0.717, 1.165) is 0 Å². The topological polar surface area (TPSA) is 37.3 Å². The SMILES string of the molecule is CC[C@H](F)C(O)C(C)=O. The molecule has 0 radical (unpaired) electrons. The highest BCUT2D eigenvalue weighted by molar-refractivity contribution is 5.80. The maximum Gasteiger partial charge on any atom is 0.161 e. The summed E-state index contributed by atoms with van der Waals surface area (Å²) in [5, 5.41) is 8.67. The van der Waals surface area contributed by atoms with Crippen LogP contribution in [0.3, 0.4) is 0 Å². The number of hydrogen-bond donors (Lipinski definition) is 1. The molecule has 0 aliphatic rings. The Bertz CT molecular complexity index is 103. The van der Waals surface area contributed by atoms with E-state index in [4.69, 9.17) is 5.11 Å². The zero-order valence-electron chi connectivity index (χ0n) is 5.60. The van der Waals surface area contributed by atoms with Gasteiger partial charge in [-0.25, -0.2) is 4.39 Å². The zero-order chi connectivity index (χ0) is 7.44. The van der Waals surface area contributed by atoms with E-state index in [-0.39, 0.29) is 6.42 Å². The van der Waals surface area contributed by atoms with Crippen LogP contribution >= 0.6 is 0 Å². The molecular formula is C6H11FO2. The number of carbonyl (C=O) groups excluding carboxylic acids is 1. The van der Waals surface area contributed by atoms with Gasteiger partial charge in [-0.15, -0.1) is 0 Å². The summed E-state index contributed by atoms with van der Waals surface area (Å²) in [6.07, 6.45) is -2.64. The molecule has 9 heavy (non-hydrogen) atoms. The van der Waals surface area contributed by atoms with E-state index in [9.17, 15) is 9.18 Å². The van der Waals surface area contributed by atoms with Crippen molar-refractivity contribution >= 4 is 5.78 Å². The molecule has 0 heterocycles. The van der Waals surface area contributed by atoms with Crippen molar-refractivity contribution in [3.63, 3.8) is 0 Å². The highest BCUT2D eigenvalue weighted by atomic mass is 19.1. The number of hydrogen-bond acceptors (Lipinski definition) is 2. The maximum atomic E-state index is 12.3. The van der Waals surface area contributed by atoms with E-state index >= 15 is 0 Å².